The normalized spacial score (nSPS) is 11.3. The number of aryl methyl sites for hydroxylation is 3. The first-order chi connectivity index (χ1) is 15.7. The van der Waals surface area contributed by atoms with Gasteiger partial charge in [0.15, 0.2) is 0 Å². The summed E-state index contributed by atoms with van der Waals surface area (Å²) in [7, 11) is -3.98. The van der Waals surface area contributed by atoms with Crippen LogP contribution in [0, 0.1) is 13.8 Å². The molecule has 5 nitrogen and oxygen atoms in total. The van der Waals surface area contributed by atoms with Crippen molar-refractivity contribution in [2.45, 2.75) is 31.6 Å². The lowest BCUT2D eigenvalue weighted by molar-refractivity contribution is -0.119. The Morgan fingerprint density at radius 3 is 2.30 bits per heavy atom. The van der Waals surface area contributed by atoms with Crippen LogP contribution in [0.5, 0.6) is 0 Å². The summed E-state index contributed by atoms with van der Waals surface area (Å²) in [5.41, 5.74) is 3.41. The summed E-state index contributed by atoms with van der Waals surface area (Å²) in [6.45, 7) is 3.93. The van der Waals surface area contributed by atoms with Gasteiger partial charge in [0.2, 0.25) is 5.91 Å². The Bertz CT molecular complexity index is 1230. The van der Waals surface area contributed by atoms with Crippen LogP contribution in [0.4, 0.5) is 5.69 Å². The van der Waals surface area contributed by atoms with E-state index in [-0.39, 0.29) is 17.3 Å². The molecule has 3 aromatic carbocycles. The molecule has 0 atom stereocenters. The summed E-state index contributed by atoms with van der Waals surface area (Å²) >= 11 is 12.1. The molecule has 8 heteroatoms. The largest absolute Gasteiger partial charge is 0.355 e. The van der Waals surface area contributed by atoms with Gasteiger partial charge < -0.3 is 5.32 Å². The Hall–Kier alpha value is -2.54. The Kier molecular flexibility index (Phi) is 8.40. The zero-order chi connectivity index (χ0) is 24.0. The van der Waals surface area contributed by atoms with Crippen LogP contribution in [0.2, 0.25) is 10.0 Å². The van der Waals surface area contributed by atoms with Crippen molar-refractivity contribution in [3.63, 3.8) is 0 Å². The number of anilines is 1. The van der Waals surface area contributed by atoms with Gasteiger partial charge in [0.1, 0.15) is 6.54 Å². The maximum absolute atomic E-state index is 13.4. The minimum absolute atomic E-state index is 0.0663. The van der Waals surface area contributed by atoms with Gasteiger partial charge >= 0.3 is 0 Å². The molecular formula is C25H26Cl2N2O3S. The van der Waals surface area contributed by atoms with E-state index in [2.05, 4.69) is 5.32 Å². The van der Waals surface area contributed by atoms with Crippen molar-refractivity contribution in [3.8, 4) is 0 Å². The Balaban J connectivity index is 1.75. The quantitative estimate of drug-likeness (QED) is 0.388. The van der Waals surface area contributed by atoms with E-state index in [1.807, 2.05) is 44.2 Å². The van der Waals surface area contributed by atoms with Gasteiger partial charge in [0.05, 0.1) is 10.6 Å². The second kappa shape index (κ2) is 11.1. The lowest BCUT2D eigenvalue weighted by Crippen LogP contribution is -2.41. The van der Waals surface area contributed by atoms with Gasteiger partial charge in [0.25, 0.3) is 10.0 Å². The van der Waals surface area contributed by atoms with Crippen molar-refractivity contribution >= 4 is 44.8 Å². The van der Waals surface area contributed by atoms with Gasteiger partial charge in [-0.1, -0.05) is 47.5 Å². The molecule has 0 saturated heterocycles. The molecule has 0 aromatic heterocycles. The number of benzene rings is 3. The van der Waals surface area contributed by atoms with E-state index in [9.17, 15) is 13.2 Å². The molecule has 3 aromatic rings. The third kappa shape index (κ3) is 6.50. The second-order valence-corrected chi connectivity index (χ2v) is 10.5. The molecule has 0 bridgehead atoms. The summed E-state index contributed by atoms with van der Waals surface area (Å²) in [4.78, 5) is 12.8. The molecule has 3 rings (SSSR count). The fraction of sp³-hybridized carbons (Fsp3) is 0.240. The van der Waals surface area contributed by atoms with Crippen LogP contribution in [0.3, 0.4) is 0 Å². The van der Waals surface area contributed by atoms with Crippen molar-refractivity contribution < 1.29 is 13.2 Å². The van der Waals surface area contributed by atoms with E-state index < -0.39 is 10.0 Å². The predicted molar refractivity (Wildman–Crippen MR) is 135 cm³/mol. The summed E-state index contributed by atoms with van der Waals surface area (Å²) in [5.74, 6) is -0.384. The first-order valence-corrected chi connectivity index (χ1v) is 12.7. The molecule has 0 aliphatic heterocycles. The van der Waals surface area contributed by atoms with Crippen LogP contribution in [0.25, 0.3) is 0 Å². The molecule has 0 spiro atoms. The highest BCUT2D eigenvalue weighted by Gasteiger charge is 2.27. The minimum Gasteiger partial charge on any atom is -0.355 e. The van der Waals surface area contributed by atoms with Crippen LogP contribution in [0.15, 0.2) is 71.6 Å². The van der Waals surface area contributed by atoms with E-state index >= 15 is 0 Å². The highest BCUT2D eigenvalue weighted by atomic mass is 35.5. The fourth-order valence-electron chi connectivity index (χ4n) is 3.32. The third-order valence-corrected chi connectivity index (χ3v) is 7.78. The van der Waals surface area contributed by atoms with Crippen LogP contribution in [-0.4, -0.2) is 27.4 Å². The average Bonchev–Trinajstić information content (AvgIpc) is 2.78. The molecule has 0 fully saturated rings. The van der Waals surface area contributed by atoms with Gasteiger partial charge in [-0.3, -0.25) is 9.10 Å². The standard InChI is InChI=1S/C25H26Cl2N2O3S/c1-18-9-12-22(16-19(18)2)29(33(31,32)23-13-10-21(26)11-14-23)17-25(30)28-15-5-7-20-6-3-4-8-24(20)27/h3-4,6,8-14,16H,5,7,15,17H2,1-2H3,(H,28,30). The molecule has 33 heavy (non-hydrogen) atoms. The fourth-order valence-corrected chi connectivity index (χ4v) is 5.09. The SMILES string of the molecule is Cc1ccc(N(CC(=O)NCCCc2ccccc2Cl)S(=O)(=O)c2ccc(Cl)cc2)cc1C. The van der Waals surface area contributed by atoms with E-state index in [0.29, 0.717) is 35.1 Å². The number of rotatable bonds is 9. The number of hydrogen-bond donors (Lipinski definition) is 1. The summed E-state index contributed by atoms with van der Waals surface area (Å²) in [6.07, 6.45) is 1.40. The number of nitrogens with one attached hydrogen (secondary N) is 1. The minimum atomic E-state index is -3.98. The average molecular weight is 505 g/mol. The van der Waals surface area contributed by atoms with Crippen LogP contribution in [-0.2, 0) is 21.2 Å². The molecule has 1 N–H and O–H groups in total. The summed E-state index contributed by atoms with van der Waals surface area (Å²) < 4.78 is 28.0. The lowest BCUT2D eigenvalue weighted by atomic mass is 10.1. The summed E-state index contributed by atoms with van der Waals surface area (Å²) in [6, 6.07) is 18.8. The van der Waals surface area contributed by atoms with E-state index in [1.165, 1.54) is 24.3 Å². The molecule has 0 radical (unpaired) electrons. The van der Waals surface area contributed by atoms with Crippen molar-refractivity contribution in [1.82, 2.24) is 5.32 Å². The molecular weight excluding hydrogens is 479 g/mol. The number of hydrogen-bond acceptors (Lipinski definition) is 3. The number of amides is 1. The van der Waals surface area contributed by atoms with E-state index in [1.54, 1.807) is 12.1 Å². The second-order valence-electron chi connectivity index (χ2n) is 7.78. The number of nitrogens with zero attached hydrogens (tertiary/aromatic N) is 1. The van der Waals surface area contributed by atoms with E-state index in [0.717, 1.165) is 21.0 Å². The molecule has 174 valence electrons. The summed E-state index contributed by atoms with van der Waals surface area (Å²) in [5, 5.41) is 3.95. The van der Waals surface area contributed by atoms with Gasteiger partial charge in [-0.25, -0.2) is 8.42 Å². The van der Waals surface area contributed by atoms with Crippen LogP contribution < -0.4 is 9.62 Å². The molecule has 0 unspecified atom stereocenters. The lowest BCUT2D eigenvalue weighted by Gasteiger charge is -2.25. The molecule has 0 aliphatic carbocycles. The van der Waals surface area contributed by atoms with Crippen LogP contribution >= 0.6 is 23.2 Å². The van der Waals surface area contributed by atoms with Crippen molar-refractivity contribution in [2.24, 2.45) is 0 Å². The Morgan fingerprint density at radius 1 is 0.939 bits per heavy atom. The van der Waals surface area contributed by atoms with Crippen molar-refractivity contribution in [1.29, 1.82) is 0 Å². The van der Waals surface area contributed by atoms with Crippen LogP contribution in [0.1, 0.15) is 23.1 Å². The topological polar surface area (TPSA) is 66.5 Å². The van der Waals surface area contributed by atoms with Crippen molar-refractivity contribution in [3.05, 3.63) is 93.5 Å². The monoisotopic (exact) mass is 504 g/mol. The number of carbonyl (C=O) groups is 1. The smallest absolute Gasteiger partial charge is 0.264 e. The number of halogens is 2. The van der Waals surface area contributed by atoms with Gasteiger partial charge in [-0.05, 0) is 85.8 Å². The maximum atomic E-state index is 13.4. The van der Waals surface area contributed by atoms with Crippen molar-refractivity contribution in [2.75, 3.05) is 17.4 Å². The molecule has 1 amide bonds. The maximum Gasteiger partial charge on any atom is 0.264 e. The van der Waals surface area contributed by atoms with Gasteiger partial charge in [-0.2, -0.15) is 0 Å². The number of sulfonamides is 1. The molecule has 0 saturated carbocycles. The predicted octanol–water partition coefficient (Wildman–Crippen LogP) is 5.55. The first-order valence-electron chi connectivity index (χ1n) is 10.5. The Labute approximate surface area is 205 Å². The van der Waals surface area contributed by atoms with Gasteiger partial charge in [-0.15, -0.1) is 0 Å². The highest BCUT2D eigenvalue weighted by Crippen LogP contribution is 2.26. The molecule has 0 aliphatic rings. The van der Waals surface area contributed by atoms with E-state index in [4.69, 9.17) is 23.2 Å². The molecule has 0 heterocycles. The highest BCUT2D eigenvalue weighted by molar-refractivity contribution is 7.92. The number of carbonyl (C=O) groups excluding carboxylic acids is 1. The zero-order valence-corrected chi connectivity index (χ0v) is 20.8. The first kappa shape index (κ1) is 25.1. The Morgan fingerprint density at radius 2 is 1.64 bits per heavy atom. The third-order valence-electron chi connectivity index (χ3n) is 5.37. The zero-order valence-electron chi connectivity index (χ0n) is 18.5. The van der Waals surface area contributed by atoms with Gasteiger partial charge in [0, 0.05) is 16.6 Å².